The van der Waals surface area contributed by atoms with Crippen molar-refractivity contribution in [2.24, 2.45) is 4.99 Å². The van der Waals surface area contributed by atoms with Crippen LogP contribution in [-0.4, -0.2) is 24.7 Å². The molecule has 1 fully saturated rings. The van der Waals surface area contributed by atoms with Crippen LogP contribution in [0.25, 0.3) is 5.57 Å². The standard InChI is InChI=1S/C13H14N2/c1-15-8-4-7-13(15)11-9-14-12-6-3-2-5-10(11)12/h2-3,5-6,9H,4,7-8H2,1H3. The Labute approximate surface area is 89.9 Å². The Morgan fingerprint density at radius 3 is 2.93 bits per heavy atom. The number of hydrogen-bond acceptors (Lipinski definition) is 2. The third-order valence-electron chi connectivity index (χ3n) is 3.21. The van der Waals surface area contributed by atoms with E-state index >= 15 is 0 Å². The summed E-state index contributed by atoms with van der Waals surface area (Å²) in [7, 11) is 2.17. The zero-order chi connectivity index (χ0) is 10.3. The average molecular weight is 198 g/mol. The van der Waals surface area contributed by atoms with E-state index in [0.29, 0.717) is 0 Å². The number of fused-ring (bicyclic) bond motifs is 1. The molecule has 0 amide bonds. The summed E-state index contributed by atoms with van der Waals surface area (Å²) in [6.45, 7) is 1.18. The Morgan fingerprint density at radius 2 is 2.13 bits per heavy atom. The number of aliphatic imine (C=N–C) groups is 1. The molecule has 2 nitrogen and oxygen atoms in total. The normalized spacial score (nSPS) is 23.7. The van der Waals surface area contributed by atoms with E-state index in [4.69, 9.17) is 0 Å². The van der Waals surface area contributed by atoms with Crippen molar-refractivity contribution in [2.45, 2.75) is 12.8 Å². The maximum Gasteiger partial charge on any atom is 0.0709 e. The van der Waals surface area contributed by atoms with Gasteiger partial charge in [0, 0.05) is 36.6 Å². The van der Waals surface area contributed by atoms with E-state index in [1.165, 1.54) is 36.2 Å². The summed E-state index contributed by atoms with van der Waals surface area (Å²) < 4.78 is 0. The molecule has 0 atom stereocenters. The number of rotatable bonds is 0. The van der Waals surface area contributed by atoms with Gasteiger partial charge >= 0.3 is 0 Å². The predicted molar refractivity (Wildman–Crippen MR) is 63.4 cm³/mol. The lowest BCUT2D eigenvalue weighted by molar-refractivity contribution is 0.484. The first kappa shape index (κ1) is 8.72. The summed E-state index contributed by atoms with van der Waals surface area (Å²) in [6, 6.07) is 8.37. The smallest absolute Gasteiger partial charge is 0.0709 e. The van der Waals surface area contributed by atoms with Crippen molar-refractivity contribution in [3.8, 4) is 0 Å². The van der Waals surface area contributed by atoms with Crippen LogP contribution in [0.15, 0.2) is 35.0 Å². The van der Waals surface area contributed by atoms with E-state index in [1.54, 1.807) is 0 Å². The molecule has 0 aliphatic carbocycles. The fourth-order valence-corrected chi connectivity index (χ4v) is 2.40. The molecule has 0 unspecified atom stereocenters. The van der Waals surface area contributed by atoms with E-state index in [-0.39, 0.29) is 0 Å². The van der Waals surface area contributed by atoms with Gasteiger partial charge in [-0.2, -0.15) is 0 Å². The van der Waals surface area contributed by atoms with Gasteiger partial charge in [-0.05, 0) is 18.9 Å². The molecule has 2 aliphatic heterocycles. The lowest BCUT2D eigenvalue weighted by Crippen LogP contribution is -2.11. The monoisotopic (exact) mass is 198 g/mol. The van der Waals surface area contributed by atoms with Crippen LogP contribution in [0.5, 0.6) is 0 Å². The fraction of sp³-hybridized carbons (Fsp3) is 0.308. The van der Waals surface area contributed by atoms with Crippen LogP contribution in [0.1, 0.15) is 18.4 Å². The molecule has 1 aromatic rings. The molecule has 2 heterocycles. The zero-order valence-corrected chi connectivity index (χ0v) is 8.90. The summed E-state index contributed by atoms with van der Waals surface area (Å²) in [6.07, 6.45) is 4.47. The molecule has 3 rings (SSSR count). The molecule has 1 saturated heterocycles. The lowest BCUT2D eigenvalue weighted by atomic mass is 10.0. The van der Waals surface area contributed by atoms with Gasteiger partial charge in [-0.3, -0.25) is 4.99 Å². The highest BCUT2D eigenvalue weighted by atomic mass is 15.1. The molecule has 0 spiro atoms. The van der Waals surface area contributed by atoms with Gasteiger partial charge in [0.15, 0.2) is 0 Å². The second-order valence-electron chi connectivity index (χ2n) is 4.16. The van der Waals surface area contributed by atoms with Crippen molar-refractivity contribution in [2.75, 3.05) is 13.6 Å². The number of hydrogen-bond donors (Lipinski definition) is 0. The Bertz CT molecular complexity index is 457. The molecule has 0 bridgehead atoms. The minimum atomic E-state index is 1.11. The maximum absolute atomic E-state index is 4.45. The molecule has 0 aromatic heterocycles. The Kier molecular flexibility index (Phi) is 1.88. The summed E-state index contributed by atoms with van der Waals surface area (Å²) in [4.78, 5) is 6.80. The minimum Gasteiger partial charge on any atom is -0.377 e. The highest BCUT2D eigenvalue weighted by molar-refractivity contribution is 6.17. The van der Waals surface area contributed by atoms with Crippen LogP contribution in [0.3, 0.4) is 0 Å². The maximum atomic E-state index is 4.45. The number of allylic oxidation sites excluding steroid dienone is 2. The Morgan fingerprint density at radius 1 is 1.27 bits per heavy atom. The summed E-state index contributed by atoms with van der Waals surface area (Å²) >= 11 is 0. The molecule has 15 heavy (non-hydrogen) atoms. The van der Waals surface area contributed by atoms with E-state index in [1.807, 2.05) is 12.3 Å². The van der Waals surface area contributed by atoms with Crippen molar-refractivity contribution in [3.63, 3.8) is 0 Å². The van der Waals surface area contributed by atoms with Gasteiger partial charge in [-0.1, -0.05) is 18.2 Å². The van der Waals surface area contributed by atoms with Crippen molar-refractivity contribution < 1.29 is 0 Å². The van der Waals surface area contributed by atoms with Crippen molar-refractivity contribution >= 4 is 17.5 Å². The van der Waals surface area contributed by atoms with E-state index in [9.17, 15) is 0 Å². The minimum absolute atomic E-state index is 1.11. The first-order valence-electron chi connectivity index (χ1n) is 5.44. The van der Waals surface area contributed by atoms with Crippen LogP contribution in [0, 0.1) is 0 Å². The van der Waals surface area contributed by atoms with Crippen molar-refractivity contribution in [1.29, 1.82) is 0 Å². The van der Waals surface area contributed by atoms with Gasteiger partial charge in [0.25, 0.3) is 0 Å². The second kappa shape index (κ2) is 3.23. The third-order valence-corrected chi connectivity index (χ3v) is 3.21. The molecular formula is C13H14N2. The van der Waals surface area contributed by atoms with E-state index in [0.717, 1.165) is 5.69 Å². The summed E-state index contributed by atoms with van der Waals surface area (Å²) in [5.41, 5.74) is 5.18. The largest absolute Gasteiger partial charge is 0.377 e. The molecule has 0 saturated carbocycles. The van der Waals surface area contributed by atoms with Crippen LogP contribution >= 0.6 is 0 Å². The number of benzene rings is 1. The van der Waals surface area contributed by atoms with Gasteiger partial charge in [-0.25, -0.2) is 0 Å². The quantitative estimate of drug-likeness (QED) is 0.626. The second-order valence-corrected chi connectivity index (χ2v) is 4.16. The van der Waals surface area contributed by atoms with E-state index in [2.05, 4.69) is 35.1 Å². The van der Waals surface area contributed by atoms with Gasteiger partial charge in [-0.15, -0.1) is 0 Å². The van der Waals surface area contributed by atoms with Gasteiger partial charge in [0.05, 0.1) is 5.69 Å². The molecule has 1 aromatic carbocycles. The van der Waals surface area contributed by atoms with Gasteiger partial charge in [0.1, 0.15) is 0 Å². The van der Waals surface area contributed by atoms with Gasteiger partial charge < -0.3 is 4.90 Å². The Hall–Kier alpha value is -1.57. The highest BCUT2D eigenvalue weighted by Crippen LogP contribution is 2.36. The number of para-hydroxylation sites is 1. The molecule has 2 heteroatoms. The summed E-state index contributed by atoms with van der Waals surface area (Å²) in [5.74, 6) is 0. The van der Waals surface area contributed by atoms with Gasteiger partial charge in [0.2, 0.25) is 0 Å². The average Bonchev–Trinajstić information content (AvgIpc) is 2.83. The topological polar surface area (TPSA) is 15.6 Å². The van der Waals surface area contributed by atoms with Crippen LogP contribution in [-0.2, 0) is 0 Å². The number of likely N-dealkylation sites (tertiary alicyclic amines) is 1. The molecular weight excluding hydrogens is 184 g/mol. The zero-order valence-electron chi connectivity index (χ0n) is 8.90. The third kappa shape index (κ3) is 1.29. The van der Waals surface area contributed by atoms with Crippen molar-refractivity contribution in [3.05, 3.63) is 35.5 Å². The Balaban J connectivity index is 2.14. The molecule has 0 radical (unpaired) electrons. The van der Waals surface area contributed by atoms with Crippen LogP contribution in [0.2, 0.25) is 0 Å². The first-order valence-corrected chi connectivity index (χ1v) is 5.44. The molecule has 0 N–H and O–H groups in total. The molecule has 76 valence electrons. The SMILES string of the molecule is CN1CCCC1=C1C=Nc2ccccc21. The predicted octanol–water partition coefficient (Wildman–Crippen LogP) is 2.84. The van der Waals surface area contributed by atoms with Crippen molar-refractivity contribution in [1.82, 2.24) is 4.90 Å². The summed E-state index contributed by atoms with van der Waals surface area (Å²) in [5, 5.41) is 0. The van der Waals surface area contributed by atoms with E-state index < -0.39 is 0 Å². The van der Waals surface area contributed by atoms with Crippen LogP contribution < -0.4 is 0 Å². The van der Waals surface area contributed by atoms with Crippen LogP contribution in [0.4, 0.5) is 5.69 Å². The first-order chi connectivity index (χ1) is 7.36. The number of nitrogens with zero attached hydrogens (tertiary/aromatic N) is 2. The lowest BCUT2D eigenvalue weighted by Gasteiger charge is -2.15. The highest BCUT2D eigenvalue weighted by Gasteiger charge is 2.21. The molecule has 2 aliphatic rings. The fourth-order valence-electron chi connectivity index (χ4n) is 2.40.